The summed E-state index contributed by atoms with van der Waals surface area (Å²) in [4.78, 5) is 7.17. The second-order valence-corrected chi connectivity index (χ2v) is 4.23. The van der Waals surface area contributed by atoms with Crippen LogP contribution in [0, 0.1) is 0 Å². The number of aromatic nitrogens is 2. The molecule has 84 valence electrons. The quantitative estimate of drug-likeness (QED) is 0.830. The molecule has 1 heterocycles. The molecule has 2 N–H and O–H groups in total. The van der Waals surface area contributed by atoms with E-state index in [2.05, 4.69) is 9.97 Å². The molecule has 1 atom stereocenters. The number of hydrogen-bond donors (Lipinski definition) is 2. The van der Waals surface area contributed by atoms with Crippen LogP contribution < -0.4 is 0 Å². The number of halogens is 2. The Morgan fingerprint density at radius 1 is 1.31 bits per heavy atom. The number of imidazole rings is 1. The van der Waals surface area contributed by atoms with Crippen molar-refractivity contribution in [3.8, 4) is 11.3 Å². The number of aromatic amines is 1. The molecule has 0 saturated carbocycles. The van der Waals surface area contributed by atoms with Gasteiger partial charge < -0.3 is 10.1 Å². The van der Waals surface area contributed by atoms with Gasteiger partial charge in [-0.1, -0.05) is 53.5 Å². The lowest BCUT2D eigenvalue weighted by Crippen LogP contribution is -2.02. The third-order valence-electron chi connectivity index (χ3n) is 2.12. The van der Waals surface area contributed by atoms with Gasteiger partial charge in [0.2, 0.25) is 0 Å². The van der Waals surface area contributed by atoms with E-state index in [-0.39, 0.29) is 6.42 Å². The van der Waals surface area contributed by atoms with E-state index < -0.39 is 5.56 Å². The summed E-state index contributed by atoms with van der Waals surface area (Å²) >= 11 is 11.5. The number of nitrogens with zero attached hydrogens (tertiary/aromatic N) is 1. The Morgan fingerprint density at radius 2 is 2.00 bits per heavy atom. The minimum absolute atomic E-state index is 0.244. The number of nitrogens with one attached hydrogen (secondary N) is 1. The van der Waals surface area contributed by atoms with E-state index in [1.807, 2.05) is 30.3 Å². The molecule has 16 heavy (non-hydrogen) atoms. The molecular formula is C11H10Cl2N2O. The van der Waals surface area contributed by atoms with Gasteiger partial charge in [-0.05, 0) is 0 Å². The lowest BCUT2D eigenvalue weighted by molar-refractivity contribution is 0.254. The maximum Gasteiger partial charge on any atom is 0.135 e. The van der Waals surface area contributed by atoms with Crippen LogP contribution in [-0.2, 0) is 6.42 Å². The van der Waals surface area contributed by atoms with Gasteiger partial charge in [0.05, 0.1) is 0 Å². The van der Waals surface area contributed by atoms with E-state index in [1.54, 1.807) is 0 Å². The molecule has 0 radical (unpaired) electrons. The summed E-state index contributed by atoms with van der Waals surface area (Å²) < 4.78 is 0. The number of aliphatic hydroxyl groups excluding tert-OH is 1. The number of rotatable bonds is 3. The zero-order chi connectivity index (χ0) is 11.5. The standard InChI is InChI=1S/C11H10Cl2N2O/c12-8(16)6-9-14-10(11(13)15-9)7-4-2-1-3-5-7/h1-5,8,16H,6H2,(H,14,15). The van der Waals surface area contributed by atoms with Crippen LogP contribution in [0.2, 0.25) is 5.15 Å². The van der Waals surface area contributed by atoms with Crippen molar-refractivity contribution < 1.29 is 5.11 Å². The van der Waals surface area contributed by atoms with Gasteiger partial charge in [-0.25, -0.2) is 4.98 Å². The van der Waals surface area contributed by atoms with Gasteiger partial charge in [0.25, 0.3) is 0 Å². The molecule has 0 aliphatic rings. The Labute approximate surface area is 103 Å². The van der Waals surface area contributed by atoms with Crippen LogP contribution in [0.15, 0.2) is 30.3 Å². The fraction of sp³-hybridized carbons (Fsp3) is 0.182. The first-order valence-corrected chi connectivity index (χ1v) is 5.60. The monoisotopic (exact) mass is 256 g/mol. The number of benzene rings is 1. The van der Waals surface area contributed by atoms with E-state index >= 15 is 0 Å². The highest BCUT2D eigenvalue weighted by molar-refractivity contribution is 6.31. The molecule has 0 saturated heterocycles. The Hall–Kier alpha value is -1.03. The van der Waals surface area contributed by atoms with Crippen LogP contribution in [0.1, 0.15) is 5.82 Å². The summed E-state index contributed by atoms with van der Waals surface area (Å²) in [5.41, 5.74) is 0.652. The summed E-state index contributed by atoms with van der Waals surface area (Å²) in [7, 11) is 0. The highest BCUT2D eigenvalue weighted by Crippen LogP contribution is 2.25. The van der Waals surface area contributed by atoms with Crippen molar-refractivity contribution in [1.82, 2.24) is 9.97 Å². The second kappa shape index (κ2) is 4.87. The van der Waals surface area contributed by atoms with Crippen LogP contribution >= 0.6 is 23.2 Å². The first kappa shape index (κ1) is 11.5. The van der Waals surface area contributed by atoms with Gasteiger partial charge >= 0.3 is 0 Å². The smallest absolute Gasteiger partial charge is 0.135 e. The molecule has 1 unspecified atom stereocenters. The third-order valence-corrected chi connectivity index (χ3v) is 2.55. The highest BCUT2D eigenvalue weighted by atomic mass is 35.5. The number of H-pyrrole nitrogens is 1. The summed E-state index contributed by atoms with van der Waals surface area (Å²) in [5.74, 6) is 0.575. The SMILES string of the molecule is OC(Cl)Cc1nc(-c2ccccc2)c(Cl)[nH]1. The average Bonchev–Trinajstić information content (AvgIpc) is 2.60. The summed E-state index contributed by atoms with van der Waals surface area (Å²) in [5, 5.41) is 9.50. The van der Waals surface area contributed by atoms with Crippen molar-refractivity contribution in [1.29, 1.82) is 0 Å². The number of alkyl halides is 1. The van der Waals surface area contributed by atoms with E-state index in [0.717, 1.165) is 5.56 Å². The first-order valence-electron chi connectivity index (χ1n) is 4.79. The van der Waals surface area contributed by atoms with Crippen LogP contribution in [-0.4, -0.2) is 20.6 Å². The minimum atomic E-state index is -0.953. The van der Waals surface area contributed by atoms with Crippen LogP contribution in [0.5, 0.6) is 0 Å². The van der Waals surface area contributed by atoms with Gasteiger partial charge in [-0.15, -0.1) is 0 Å². The largest absolute Gasteiger partial charge is 0.377 e. The van der Waals surface area contributed by atoms with Gasteiger partial charge in [0.1, 0.15) is 22.2 Å². The predicted octanol–water partition coefficient (Wildman–Crippen LogP) is 2.83. The Morgan fingerprint density at radius 3 is 2.62 bits per heavy atom. The van der Waals surface area contributed by atoms with E-state index in [0.29, 0.717) is 16.7 Å². The number of aliphatic hydroxyl groups is 1. The molecule has 3 nitrogen and oxygen atoms in total. The lowest BCUT2D eigenvalue weighted by Gasteiger charge is -1.97. The Kier molecular flexibility index (Phi) is 3.49. The zero-order valence-electron chi connectivity index (χ0n) is 8.32. The molecule has 5 heteroatoms. The fourth-order valence-electron chi connectivity index (χ4n) is 1.44. The summed E-state index contributed by atoms with van der Waals surface area (Å²) in [6.45, 7) is 0. The highest BCUT2D eigenvalue weighted by Gasteiger charge is 2.11. The molecule has 2 rings (SSSR count). The van der Waals surface area contributed by atoms with E-state index in [9.17, 15) is 0 Å². The molecule has 0 aliphatic carbocycles. The van der Waals surface area contributed by atoms with Gasteiger partial charge in [0.15, 0.2) is 0 Å². The summed E-state index contributed by atoms with van der Waals surface area (Å²) in [6, 6.07) is 9.59. The first-order chi connectivity index (χ1) is 7.66. The lowest BCUT2D eigenvalue weighted by atomic mass is 10.2. The van der Waals surface area contributed by atoms with Crippen molar-refractivity contribution in [2.45, 2.75) is 12.0 Å². The molecule has 0 aliphatic heterocycles. The molecule has 2 aromatic rings. The second-order valence-electron chi connectivity index (χ2n) is 3.35. The van der Waals surface area contributed by atoms with Gasteiger partial charge in [0, 0.05) is 12.0 Å². The third kappa shape index (κ3) is 2.55. The normalized spacial score (nSPS) is 12.7. The number of hydrogen-bond acceptors (Lipinski definition) is 2. The van der Waals surface area contributed by atoms with Crippen LogP contribution in [0.3, 0.4) is 0 Å². The molecule has 0 fully saturated rings. The molecule has 0 amide bonds. The Bertz CT molecular complexity index is 468. The predicted molar refractivity (Wildman–Crippen MR) is 64.6 cm³/mol. The van der Waals surface area contributed by atoms with Crippen LogP contribution in [0.4, 0.5) is 0 Å². The molecule has 0 spiro atoms. The maximum atomic E-state index is 9.04. The van der Waals surface area contributed by atoms with Gasteiger partial charge in [-0.2, -0.15) is 0 Å². The van der Waals surface area contributed by atoms with Crippen LogP contribution in [0.25, 0.3) is 11.3 Å². The van der Waals surface area contributed by atoms with Crippen molar-refractivity contribution in [3.05, 3.63) is 41.3 Å². The zero-order valence-corrected chi connectivity index (χ0v) is 9.83. The molecular weight excluding hydrogens is 247 g/mol. The van der Waals surface area contributed by atoms with Gasteiger partial charge in [-0.3, -0.25) is 0 Å². The molecule has 1 aromatic heterocycles. The average molecular weight is 257 g/mol. The molecule has 0 bridgehead atoms. The topological polar surface area (TPSA) is 48.9 Å². The summed E-state index contributed by atoms with van der Waals surface area (Å²) in [6.07, 6.45) is 0.244. The van der Waals surface area contributed by atoms with Crippen molar-refractivity contribution in [2.24, 2.45) is 0 Å². The minimum Gasteiger partial charge on any atom is -0.377 e. The fourth-order valence-corrected chi connectivity index (χ4v) is 1.85. The van der Waals surface area contributed by atoms with Crippen molar-refractivity contribution in [2.75, 3.05) is 0 Å². The van der Waals surface area contributed by atoms with E-state index in [4.69, 9.17) is 28.3 Å². The Balaban J connectivity index is 2.32. The van der Waals surface area contributed by atoms with E-state index in [1.165, 1.54) is 0 Å². The van der Waals surface area contributed by atoms with Crippen molar-refractivity contribution in [3.63, 3.8) is 0 Å². The van der Waals surface area contributed by atoms with Crippen molar-refractivity contribution >= 4 is 23.2 Å². The maximum absolute atomic E-state index is 9.04. The molecule has 1 aromatic carbocycles.